The molecule has 0 radical (unpaired) electrons. The van der Waals surface area contributed by atoms with Gasteiger partial charge in [0.1, 0.15) is 0 Å². The number of nitrogens with one attached hydrogen (secondary N) is 1. The van der Waals surface area contributed by atoms with E-state index in [0.29, 0.717) is 12.1 Å². The lowest BCUT2D eigenvalue weighted by atomic mass is 9.85. The molecule has 4 N–H and O–H groups in total. The second-order valence-electron chi connectivity index (χ2n) is 5.41. The van der Waals surface area contributed by atoms with Crippen LogP contribution in [0.5, 0.6) is 0 Å². The summed E-state index contributed by atoms with van der Waals surface area (Å²) in [5.41, 5.74) is 7.15. The van der Waals surface area contributed by atoms with Gasteiger partial charge in [-0.25, -0.2) is 4.79 Å². The van der Waals surface area contributed by atoms with Crippen molar-refractivity contribution < 1.29 is 9.90 Å². The van der Waals surface area contributed by atoms with E-state index in [2.05, 4.69) is 41.7 Å². The lowest BCUT2D eigenvalue weighted by Gasteiger charge is -2.33. The minimum Gasteiger partial charge on any atom is -0.478 e. The lowest BCUT2D eigenvalue weighted by molar-refractivity contribution is 0.0697. The van der Waals surface area contributed by atoms with Crippen molar-refractivity contribution in [2.45, 2.75) is 12.0 Å². The molecular weight excluding hydrogens is 300 g/mol. The van der Waals surface area contributed by atoms with Crippen molar-refractivity contribution in [1.82, 2.24) is 5.32 Å². The average molecular weight is 322 g/mol. The number of carboxylic acid groups (broad SMARTS) is 1. The van der Waals surface area contributed by atoms with Crippen molar-refractivity contribution in [2.75, 3.05) is 6.54 Å². The minimum absolute atomic E-state index is 0.120. The highest BCUT2D eigenvalue weighted by atomic mass is 16.4. The van der Waals surface area contributed by atoms with Gasteiger partial charge in [0.2, 0.25) is 0 Å². The Balaban J connectivity index is 0.000000198. The summed E-state index contributed by atoms with van der Waals surface area (Å²) in [5.74, 6) is -0.879. The third kappa shape index (κ3) is 4.57. The maximum Gasteiger partial charge on any atom is 0.335 e. The molecule has 2 aromatic carbocycles. The van der Waals surface area contributed by atoms with Crippen LogP contribution < -0.4 is 11.1 Å². The van der Waals surface area contributed by atoms with Gasteiger partial charge in [0.25, 0.3) is 0 Å². The third-order valence-corrected chi connectivity index (χ3v) is 3.78. The highest BCUT2D eigenvalue weighted by Gasteiger charge is 2.27. The van der Waals surface area contributed by atoms with Crippen molar-refractivity contribution in [2.24, 2.45) is 5.73 Å². The fourth-order valence-corrected chi connectivity index (χ4v) is 2.54. The smallest absolute Gasteiger partial charge is 0.335 e. The van der Waals surface area contributed by atoms with Gasteiger partial charge >= 0.3 is 5.97 Å². The minimum atomic E-state index is -0.879. The predicted molar refractivity (Wildman–Crippen MR) is 96.6 cm³/mol. The number of benzene rings is 2. The molecule has 1 atom stereocenters. The van der Waals surface area contributed by atoms with Gasteiger partial charge in [-0.3, -0.25) is 0 Å². The van der Waals surface area contributed by atoms with Crippen molar-refractivity contribution in [3.63, 3.8) is 0 Å². The number of carbonyl (C=O) groups is 1. The van der Waals surface area contributed by atoms with E-state index in [1.54, 1.807) is 30.3 Å². The fraction of sp³-hybridized carbons (Fsp3) is 0.150. The number of aromatic carboxylic acids is 1. The van der Waals surface area contributed by atoms with Gasteiger partial charge in [0, 0.05) is 0 Å². The Morgan fingerprint density at radius 1 is 1.00 bits per heavy atom. The topological polar surface area (TPSA) is 75.3 Å². The highest BCUT2D eigenvalue weighted by molar-refractivity contribution is 5.87. The number of carboxylic acids is 1. The lowest BCUT2D eigenvalue weighted by Crippen LogP contribution is -2.40. The standard InChI is InChI=1S/C13H16N2.C7H6O2/c14-10-9-13(8-4-5-11-15-13)12-6-2-1-3-7-12;8-7(9)6-4-2-1-3-5-6/h1-8,11,15H,9-10,14H2;1-5H,(H,8,9)/t13-;/m1./s1. The van der Waals surface area contributed by atoms with Crippen LogP contribution in [0.15, 0.2) is 85.1 Å². The van der Waals surface area contributed by atoms with Crippen molar-refractivity contribution in [1.29, 1.82) is 0 Å². The van der Waals surface area contributed by atoms with Crippen LogP contribution in [0.4, 0.5) is 0 Å². The first kappa shape index (κ1) is 17.5. The van der Waals surface area contributed by atoms with Crippen LogP contribution in [0.3, 0.4) is 0 Å². The zero-order valence-corrected chi connectivity index (χ0v) is 13.4. The molecular formula is C20H22N2O2. The molecule has 1 aliphatic heterocycles. The van der Waals surface area contributed by atoms with Crippen LogP contribution in [0, 0.1) is 0 Å². The van der Waals surface area contributed by atoms with E-state index in [1.807, 2.05) is 18.3 Å². The molecule has 1 heterocycles. The summed E-state index contributed by atoms with van der Waals surface area (Å²) in [6.45, 7) is 0.667. The zero-order chi connectivity index (χ0) is 17.3. The average Bonchev–Trinajstić information content (AvgIpc) is 2.65. The fourth-order valence-electron chi connectivity index (χ4n) is 2.54. The Morgan fingerprint density at radius 3 is 2.08 bits per heavy atom. The van der Waals surface area contributed by atoms with Crippen LogP contribution >= 0.6 is 0 Å². The number of rotatable bonds is 4. The molecule has 4 heteroatoms. The van der Waals surface area contributed by atoms with Crippen molar-refractivity contribution in [3.05, 3.63) is 96.2 Å². The van der Waals surface area contributed by atoms with Gasteiger partial charge in [0.05, 0.1) is 11.1 Å². The second-order valence-corrected chi connectivity index (χ2v) is 5.41. The summed E-state index contributed by atoms with van der Waals surface area (Å²) >= 11 is 0. The predicted octanol–water partition coefficient (Wildman–Crippen LogP) is 3.29. The molecule has 0 aromatic heterocycles. The van der Waals surface area contributed by atoms with Gasteiger partial charge in [-0.15, -0.1) is 0 Å². The van der Waals surface area contributed by atoms with E-state index < -0.39 is 5.97 Å². The van der Waals surface area contributed by atoms with E-state index in [4.69, 9.17) is 10.8 Å². The molecule has 0 amide bonds. The third-order valence-electron chi connectivity index (χ3n) is 3.78. The van der Waals surface area contributed by atoms with Gasteiger partial charge in [-0.05, 0) is 42.9 Å². The Bertz CT molecular complexity index is 696. The van der Waals surface area contributed by atoms with Gasteiger partial charge in [0.15, 0.2) is 0 Å². The molecule has 24 heavy (non-hydrogen) atoms. The molecule has 0 saturated carbocycles. The van der Waals surface area contributed by atoms with Crippen molar-refractivity contribution >= 4 is 5.97 Å². The largest absolute Gasteiger partial charge is 0.478 e. The van der Waals surface area contributed by atoms with E-state index in [0.717, 1.165) is 6.42 Å². The molecule has 0 spiro atoms. The molecule has 0 aliphatic carbocycles. The molecule has 1 aliphatic rings. The quantitative estimate of drug-likeness (QED) is 0.807. The number of dihydropyridines is 1. The number of hydrogen-bond acceptors (Lipinski definition) is 3. The van der Waals surface area contributed by atoms with E-state index >= 15 is 0 Å². The van der Waals surface area contributed by atoms with Crippen LogP contribution in [-0.4, -0.2) is 17.6 Å². The van der Waals surface area contributed by atoms with Crippen LogP contribution in [0.2, 0.25) is 0 Å². The molecule has 0 bridgehead atoms. The van der Waals surface area contributed by atoms with Gasteiger partial charge in [-0.1, -0.05) is 60.7 Å². The first-order chi connectivity index (χ1) is 11.7. The van der Waals surface area contributed by atoms with Crippen LogP contribution in [-0.2, 0) is 5.54 Å². The Kier molecular flexibility index (Phi) is 6.34. The monoisotopic (exact) mass is 322 g/mol. The van der Waals surface area contributed by atoms with E-state index in [-0.39, 0.29) is 5.54 Å². The molecule has 124 valence electrons. The van der Waals surface area contributed by atoms with Crippen LogP contribution in [0.1, 0.15) is 22.3 Å². The Hall–Kier alpha value is -2.85. The molecule has 4 nitrogen and oxygen atoms in total. The molecule has 2 aromatic rings. The van der Waals surface area contributed by atoms with Crippen LogP contribution in [0.25, 0.3) is 0 Å². The van der Waals surface area contributed by atoms with E-state index in [9.17, 15) is 4.79 Å². The van der Waals surface area contributed by atoms with Gasteiger partial charge < -0.3 is 16.2 Å². The highest BCUT2D eigenvalue weighted by Crippen LogP contribution is 2.27. The SMILES string of the molecule is NCC[C@@]1(c2ccccc2)C=CC=CN1.O=C(O)c1ccccc1. The molecule has 0 unspecified atom stereocenters. The summed E-state index contributed by atoms with van der Waals surface area (Å²) < 4.78 is 0. The maximum atomic E-state index is 10.2. The second kappa shape index (κ2) is 8.70. The first-order valence-corrected chi connectivity index (χ1v) is 7.84. The summed E-state index contributed by atoms with van der Waals surface area (Å²) in [5, 5.41) is 11.8. The molecule has 3 rings (SSSR count). The summed E-state index contributed by atoms with van der Waals surface area (Å²) in [4.78, 5) is 10.2. The number of nitrogens with two attached hydrogens (primary N) is 1. The Labute approximate surface area is 142 Å². The summed E-state index contributed by atoms with van der Waals surface area (Å²) in [6.07, 6.45) is 9.12. The van der Waals surface area contributed by atoms with Gasteiger partial charge in [-0.2, -0.15) is 0 Å². The maximum absolute atomic E-state index is 10.2. The molecule has 0 saturated heterocycles. The van der Waals surface area contributed by atoms with Crippen molar-refractivity contribution in [3.8, 4) is 0 Å². The first-order valence-electron chi connectivity index (χ1n) is 7.84. The summed E-state index contributed by atoms with van der Waals surface area (Å²) in [7, 11) is 0. The molecule has 0 fully saturated rings. The van der Waals surface area contributed by atoms with E-state index in [1.165, 1.54) is 5.56 Å². The normalized spacial score (nSPS) is 18.2. The number of allylic oxidation sites excluding steroid dienone is 2. The Morgan fingerprint density at radius 2 is 1.62 bits per heavy atom. The number of hydrogen-bond donors (Lipinski definition) is 3. The zero-order valence-electron chi connectivity index (χ0n) is 13.4. The summed E-state index contributed by atoms with van der Waals surface area (Å²) in [6, 6.07) is 18.7.